The monoisotopic (exact) mass is 259 g/mol. The number of carbonyl (C=O) groups excluding carboxylic acids is 1. The van der Waals surface area contributed by atoms with Gasteiger partial charge in [-0.15, -0.1) is 0 Å². The van der Waals surface area contributed by atoms with Crippen LogP contribution in [0, 0.1) is 0 Å². The third-order valence-corrected chi connectivity index (χ3v) is 3.15. The number of hydrogen-bond donors (Lipinski definition) is 0. The van der Waals surface area contributed by atoms with E-state index in [2.05, 4.69) is 4.99 Å². The minimum Gasteiger partial charge on any atom is -0.267 e. The summed E-state index contributed by atoms with van der Waals surface area (Å²) in [6.07, 6.45) is 1.60. The number of amides is 1. The Kier molecular flexibility index (Phi) is 3.38. The summed E-state index contributed by atoms with van der Waals surface area (Å²) < 4.78 is 0. The van der Waals surface area contributed by atoms with Crippen LogP contribution in [-0.4, -0.2) is 12.1 Å². The van der Waals surface area contributed by atoms with Gasteiger partial charge in [-0.1, -0.05) is 66.7 Å². The van der Waals surface area contributed by atoms with Crippen molar-refractivity contribution < 1.29 is 4.79 Å². The van der Waals surface area contributed by atoms with Gasteiger partial charge >= 0.3 is 0 Å². The molecule has 3 aromatic rings. The minimum absolute atomic E-state index is 0.217. The molecule has 0 aliphatic rings. The van der Waals surface area contributed by atoms with Crippen LogP contribution in [-0.2, 0) is 0 Å². The standard InChI is InChI=1S/C18H13NO/c20-18(19-13-14-7-2-1-3-8-14)17-12-6-10-15-9-4-5-11-16(15)17/h1-13H/b19-13+. The predicted molar refractivity (Wildman–Crippen MR) is 82.3 cm³/mol. The van der Waals surface area contributed by atoms with Gasteiger partial charge in [0, 0.05) is 11.8 Å². The summed E-state index contributed by atoms with van der Waals surface area (Å²) in [4.78, 5) is 16.3. The zero-order valence-electron chi connectivity index (χ0n) is 10.9. The Hall–Kier alpha value is -2.74. The molecule has 3 aromatic carbocycles. The Labute approximate surface area is 117 Å². The molecule has 0 aromatic heterocycles. The fourth-order valence-electron chi connectivity index (χ4n) is 2.15. The maximum atomic E-state index is 12.2. The maximum Gasteiger partial charge on any atom is 0.277 e. The van der Waals surface area contributed by atoms with Crippen LogP contribution in [0.15, 0.2) is 77.8 Å². The second kappa shape index (κ2) is 5.49. The molecule has 0 saturated heterocycles. The minimum atomic E-state index is -0.217. The number of rotatable bonds is 2. The van der Waals surface area contributed by atoms with Crippen molar-refractivity contribution in [3.8, 4) is 0 Å². The summed E-state index contributed by atoms with van der Waals surface area (Å²) in [5.41, 5.74) is 1.55. The van der Waals surface area contributed by atoms with Crippen LogP contribution in [0.4, 0.5) is 0 Å². The fourth-order valence-corrected chi connectivity index (χ4v) is 2.15. The van der Waals surface area contributed by atoms with Gasteiger partial charge in [-0.25, -0.2) is 4.99 Å². The maximum absolute atomic E-state index is 12.2. The summed E-state index contributed by atoms with van der Waals surface area (Å²) >= 11 is 0. The lowest BCUT2D eigenvalue weighted by Crippen LogP contribution is -1.97. The lowest BCUT2D eigenvalue weighted by atomic mass is 10.0. The van der Waals surface area contributed by atoms with Crippen molar-refractivity contribution in [2.24, 2.45) is 4.99 Å². The van der Waals surface area contributed by atoms with Gasteiger partial charge in [-0.3, -0.25) is 4.79 Å². The van der Waals surface area contributed by atoms with Crippen molar-refractivity contribution in [1.82, 2.24) is 0 Å². The number of nitrogens with zero attached hydrogens (tertiary/aromatic N) is 1. The molecule has 0 bridgehead atoms. The topological polar surface area (TPSA) is 29.4 Å². The highest BCUT2D eigenvalue weighted by atomic mass is 16.1. The molecular weight excluding hydrogens is 246 g/mol. The Morgan fingerprint density at radius 2 is 1.50 bits per heavy atom. The molecule has 3 rings (SSSR count). The molecule has 0 aliphatic heterocycles. The van der Waals surface area contributed by atoms with E-state index in [-0.39, 0.29) is 5.91 Å². The summed E-state index contributed by atoms with van der Waals surface area (Å²) in [5.74, 6) is -0.217. The van der Waals surface area contributed by atoms with Gasteiger partial charge in [0.25, 0.3) is 5.91 Å². The highest BCUT2D eigenvalue weighted by Gasteiger charge is 2.07. The Balaban J connectivity index is 1.95. The van der Waals surface area contributed by atoms with Crippen molar-refractivity contribution in [3.05, 3.63) is 83.9 Å². The molecule has 2 heteroatoms. The lowest BCUT2D eigenvalue weighted by Gasteiger charge is -2.02. The van der Waals surface area contributed by atoms with E-state index < -0.39 is 0 Å². The van der Waals surface area contributed by atoms with E-state index in [4.69, 9.17) is 0 Å². The van der Waals surface area contributed by atoms with Gasteiger partial charge in [-0.05, 0) is 22.4 Å². The first-order chi connectivity index (χ1) is 9.84. The molecule has 20 heavy (non-hydrogen) atoms. The number of aliphatic imine (C=N–C) groups is 1. The normalized spacial score (nSPS) is 11.0. The molecule has 0 N–H and O–H groups in total. The Morgan fingerprint density at radius 3 is 2.35 bits per heavy atom. The highest BCUT2D eigenvalue weighted by Crippen LogP contribution is 2.19. The summed E-state index contributed by atoms with van der Waals surface area (Å²) in [6.45, 7) is 0. The molecule has 96 valence electrons. The predicted octanol–water partition coefficient (Wildman–Crippen LogP) is 4.10. The molecule has 2 nitrogen and oxygen atoms in total. The average Bonchev–Trinajstić information content (AvgIpc) is 2.53. The number of hydrogen-bond acceptors (Lipinski definition) is 1. The van der Waals surface area contributed by atoms with E-state index in [9.17, 15) is 4.79 Å². The van der Waals surface area contributed by atoms with Gasteiger partial charge in [-0.2, -0.15) is 0 Å². The zero-order chi connectivity index (χ0) is 13.8. The first kappa shape index (κ1) is 12.3. The molecule has 0 radical (unpaired) electrons. The van der Waals surface area contributed by atoms with E-state index in [0.717, 1.165) is 16.3 Å². The molecule has 1 amide bonds. The smallest absolute Gasteiger partial charge is 0.267 e. The Morgan fingerprint density at radius 1 is 0.800 bits per heavy atom. The van der Waals surface area contributed by atoms with Gasteiger partial charge in [0.2, 0.25) is 0 Å². The molecular formula is C18H13NO. The van der Waals surface area contributed by atoms with Crippen LogP contribution in [0.2, 0.25) is 0 Å². The third kappa shape index (κ3) is 2.50. The molecule has 0 spiro atoms. The van der Waals surface area contributed by atoms with Crippen molar-refractivity contribution in [3.63, 3.8) is 0 Å². The average molecular weight is 259 g/mol. The largest absolute Gasteiger partial charge is 0.277 e. The first-order valence-electron chi connectivity index (χ1n) is 6.46. The third-order valence-electron chi connectivity index (χ3n) is 3.15. The van der Waals surface area contributed by atoms with Crippen molar-refractivity contribution in [2.75, 3.05) is 0 Å². The van der Waals surface area contributed by atoms with E-state index in [1.165, 1.54) is 0 Å². The van der Waals surface area contributed by atoms with E-state index in [0.29, 0.717) is 5.56 Å². The fraction of sp³-hybridized carbons (Fsp3) is 0. The summed E-state index contributed by atoms with van der Waals surface area (Å²) in [6, 6.07) is 23.1. The van der Waals surface area contributed by atoms with Crippen molar-refractivity contribution in [2.45, 2.75) is 0 Å². The van der Waals surface area contributed by atoms with Crippen LogP contribution >= 0.6 is 0 Å². The number of carbonyl (C=O) groups is 1. The quantitative estimate of drug-likeness (QED) is 0.637. The van der Waals surface area contributed by atoms with E-state index in [1.807, 2.05) is 72.8 Å². The van der Waals surface area contributed by atoms with Crippen LogP contribution < -0.4 is 0 Å². The molecule has 0 saturated carbocycles. The summed E-state index contributed by atoms with van der Waals surface area (Å²) in [5, 5.41) is 1.98. The SMILES string of the molecule is O=C(/N=C/c1ccccc1)c1cccc2ccccc12. The van der Waals surface area contributed by atoms with E-state index in [1.54, 1.807) is 6.21 Å². The lowest BCUT2D eigenvalue weighted by molar-refractivity contribution is 0.100. The van der Waals surface area contributed by atoms with Gasteiger partial charge < -0.3 is 0 Å². The number of fused-ring (bicyclic) bond motifs is 1. The summed E-state index contributed by atoms with van der Waals surface area (Å²) in [7, 11) is 0. The van der Waals surface area contributed by atoms with Crippen LogP contribution in [0.3, 0.4) is 0 Å². The van der Waals surface area contributed by atoms with Crippen LogP contribution in [0.1, 0.15) is 15.9 Å². The van der Waals surface area contributed by atoms with Crippen LogP contribution in [0.5, 0.6) is 0 Å². The molecule has 0 atom stereocenters. The molecule has 0 unspecified atom stereocenters. The van der Waals surface area contributed by atoms with Crippen molar-refractivity contribution >= 4 is 22.9 Å². The van der Waals surface area contributed by atoms with Crippen LogP contribution in [0.25, 0.3) is 10.8 Å². The van der Waals surface area contributed by atoms with Crippen molar-refractivity contribution in [1.29, 1.82) is 0 Å². The Bertz CT molecular complexity index is 770. The number of benzene rings is 3. The van der Waals surface area contributed by atoms with Gasteiger partial charge in [0.1, 0.15) is 0 Å². The van der Waals surface area contributed by atoms with Gasteiger partial charge in [0.15, 0.2) is 0 Å². The second-order valence-corrected chi connectivity index (χ2v) is 4.50. The highest BCUT2D eigenvalue weighted by molar-refractivity contribution is 6.10. The van der Waals surface area contributed by atoms with Gasteiger partial charge in [0.05, 0.1) is 0 Å². The second-order valence-electron chi connectivity index (χ2n) is 4.50. The molecule has 0 heterocycles. The molecule has 0 fully saturated rings. The zero-order valence-corrected chi connectivity index (χ0v) is 10.9. The van der Waals surface area contributed by atoms with E-state index >= 15 is 0 Å². The molecule has 0 aliphatic carbocycles. The first-order valence-corrected chi connectivity index (χ1v) is 6.46.